The van der Waals surface area contributed by atoms with Crippen LogP contribution in [0.3, 0.4) is 0 Å². The molecule has 1 fully saturated rings. The average Bonchev–Trinajstić information content (AvgIpc) is 3.44. The van der Waals surface area contributed by atoms with Crippen LogP contribution < -0.4 is 0 Å². The van der Waals surface area contributed by atoms with Gasteiger partial charge in [0.15, 0.2) is 16.8 Å². The SMILES string of the molecule is CC(C)(C)OC(=O)N(C(=O)OC(C)(C)C)C1=NC(C)(c2cc([N+](=O)[O-])cc(F)c2F)C2CC2(C(=O)O)S1. The number of fused-ring (bicyclic) bond motifs is 1. The van der Waals surface area contributed by atoms with Crippen molar-refractivity contribution in [1.29, 1.82) is 0 Å². The summed E-state index contributed by atoms with van der Waals surface area (Å²) in [6.07, 6.45) is -2.57. The molecule has 1 saturated carbocycles. The number of carboxylic acid groups (broad SMARTS) is 1. The Morgan fingerprint density at radius 1 is 1.14 bits per heavy atom. The molecular formula is C23H27F2N3O8S. The summed E-state index contributed by atoms with van der Waals surface area (Å²) < 4.78 is 38.4. The first-order valence-electron chi connectivity index (χ1n) is 11.1. The summed E-state index contributed by atoms with van der Waals surface area (Å²) in [5.74, 6) is -5.28. The summed E-state index contributed by atoms with van der Waals surface area (Å²) in [5.41, 5.74) is -5.43. The molecule has 1 aromatic carbocycles. The van der Waals surface area contributed by atoms with Crippen molar-refractivity contribution in [3.8, 4) is 0 Å². The Hall–Kier alpha value is -3.29. The first-order chi connectivity index (χ1) is 16.7. The third-order valence-corrected chi connectivity index (χ3v) is 7.11. The second kappa shape index (κ2) is 8.92. The van der Waals surface area contributed by atoms with E-state index >= 15 is 4.39 Å². The molecule has 37 heavy (non-hydrogen) atoms. The van der Waals surface area contributed by atoms with Gasteiger partial charge in [0.1, 0.15) is 15.9 Å². The molecule has 3 atom stereocenters. The van der Waals surface area contributed by atoms with Crippen LogP contribution in [-0.2, 0) is 19.8 Å². The van der Waals surface area contributed by atoms with Crippen LogP contribution in [0.1, 0.15) is 60.5 Å². The van der Waals surface area contributed by atoms with E-state index in [1.165, 1.54) is 48.5 Å². The average molecular weight is 544 g/mol. The number of thioether (sulfide) groups is 1. The number of imide groups is 1. The molecule has 1 heterocycles. The lowest BCUT2D eigenvalue weighted by atomic mass is 9.85. The number of benzene rings is 1. The number of hydrogen-bond donors (Lipinski definition) is 1. The van der Waals surface area contributed by atoms with Crippen LogP contribution >= 0.6 is 11.8 Å². The summed E-state index contributed by atoms with van der Waals surface area (Å²) in [7, 11) is 0. The molecule has 1 aliphatic carbocycles. The van der Waals surface area contributed by atoms with Gasteiger partial charge in [0.05, 0.1) is 16.5 Å². The Morgan fingerprint density at radius 3 is 2.08 bits per heavy atom. The van der Waals surface area contributed by atoms with Gasteiger partial charge in [-0.25, -0.2) is 23.4 Å². The standard InChI is InChI=1S/C23H27F2N3O8S/c1-20(2,3)35-18(31)27(19(32)36-21(4,5)6)17-26-22(7,14-10-23(14,37-17)16(29)30)12-8-11(28(33)34)9-13(24)15(12)25/h8-9,14H,10H2,1-7H3,(H,29,30). The van der Waals surface area contributed by atoms with Crippen molar-refractivity contribution < 1.29 is 42.7 Å². The molecule has 0 radical (unpaired) electrons. The Labute approximate surface area is 215 Å². The molecule has 0 saturated heterocycles. The molecule has 2 aliphatic rings. The molecule has 3 rings (SSSR count). The summed E-state index contributed by atoms with van der Waals surface area (Å²) in [6.45, 7) is 10.5. The lowest BCUT2D eigenvalue weighted by molar-refractivity contribution is -0.385. The number of amides is 2. The molecule has 202 valence electrons. The third kappa shape index (κ3) is 5.38. The fraction of sp³-hybridized carbons (Fsp3) is 0.565. The van der Waals surface area contributed by atoms with E-state index in [1.54, 1.807) is 0 Å². The van der Waals surface area contributed by atoms with Crippen molar-refractivity contribution in [2.75, 3.05) is 0 Å². The predicted octanol–water partition coefficient (Wildman–Crippen LogP) is 5.21. The molecule has 0 aromatic heterocycles. The van der Waals surface area contributed by atoms with Crippen LogP contribution in [0.4, 0.5) is 24.1 Å². The van der Waals surface area contributed by atoms with Crippen LogP contribution in [0, 0.1) is 27.7 Å². The lowest BCUT2D eigenvalue weighted by Crippen LogP contribution is -2.50. The summed E-state index contributed by atoms with van der Waals surface area (Å²) in [4.78, 5) is 53.8. The highest BCUT2D eigenvalue weighted by Crippen LogP contribution is 2.67. The quantitative estimate of drug-likeness (QED) is 0.401. The first-order valence-corrected chi connectivity index (χ1v) is 12.0. The topological polar surface area (TPSA) is 149 Å². The van der Waals surface area contributed by atoms with Crippen molar-refractivity contribution in [2.24, 2.45) is 10.9 Å². The molecule has 2 amide bonds. The fourth-order valence-electron chi connectivity index (χ4n) is 3.99. The molecule has 0 bridgehead atoms. The van der Waals surface area contributed by atoms with E-state index in [-0.39, 0.29) is 6.42 Å². The number of carbonyl (C=O) groups is 3. The maximum atomic E-state index is 15.1. The first kappa shape index (κ1) is 28.3. The lowest BCUT2D eigenvalue weighted by Gasteiger charge is -2.36. The van der Waals surface area contributed by atoms with Crippen LogP contribution in [0.15, 0.2) is 17.1 Å². The van der Waals surface area contributed by atoms with Crippen LogP contribution in [-0.4, -0.2) is 54.2 Å². The van der Waals surface area contributed by atoms with Gasteiger partial charge in [-0.2, -0.15) is 4.90 Å². The van der Waals surface area contributed by atoms with E-state index in [2.05, 4.69) is 4.99 Å². The zero-order valence-corrected chi connectivity index (χ0v) is 22.1. The molecular weight excluding hydrogens is 516 g/mol. The minimum atomic E-state index is -1.90. The molecule has 1 aromatic rings. The maximum Gasteiger partial charge on any atom is 0.426 e. The Kier molecular flexibility index (Phi) is 6.82. The van der Waals surface area contributed by atoms with E-state index in [9.17, 15) is 34.0 Å². The number of aliphatic carboxylic acids is 1. The van der Waals surface area contributed by atoms with Gasteiger partial charge in [-0.15, -0.1) is 0 Å². The normalized spacial score (nSPS) is 24.9. The van der Waals surface area contributed by atoms with Gasteiger partial charge >= 0.3 is 18.2 Å². The van der Waals surface area contributed by atoms with Gasteiger partial charge < -0.3 is 14.6 Å². The van der Waals surface area contributed by atoms with E-state index in [1.807, 2.05) is 0 Å². The van der Waals surface area contributed by atoms with Crippen molar-refractivity contribution in [2.45, 2.75) is 76.4 Å². The van der Waals surface area contributed by atoms with E-state index in [0.29, 0.717) is 22.7 Å². The van der Waals surface area contributed by atoms with E-state index in [0.717, 1.165) is 6.07 Å². The molecule has 11 nitrogen and oxygen atoms in total. The van der Waals surface area contributed by atoms with Gasteiger partial charge in [-0.05, 0) is 54.9 Å². The number of nitro groups is 1. The number of nitro benzene ring substituents is 1. The van der Waals surface area contributed by atoms with Crippen molar-refractivity contribution in [1.82, 2.24) is 4.90 Å². The minimum Gasteiger partial charge on any atom is -0.480 e. The highest BCUT2D eigenvalue weighted by molar-refractivity contribution is 8.16. The monoisotopic (exact) mass is 543 g/mol. The number of halogens is 2. The number of rotatable bonds is 3. The maximum absolute atomic E-state index is 15.1. The van der Waals surface area contributed by atoms with Gasteiger partial charge in [0.25, 0.3) is 5.69 Å². The molecule has 14 heteroatoms. The number of hydrogen-bond acceptors (Lipinski definition) is 9. The predicted molar refractivity (Wildman–Crippen MR) is 128 cm³/mol. The highest BCUT2D eigenvalue weighted by atomic mass is 32.2. The number of carboxylic acids is 1. The zero-order valence-electron chi connectivity index (χ0n) is 21.2. The Bertz CT molecular complexity index is 1200. The van der Waals surface area contributed by atoms with E-state index < -0.39 is 78.5 Å². The highest BCUT2D eigenvalue weighted by Gasteiger charge is 2.72. The number of aliphatic imine (C=N–C) groups is 1. The molecule has 1 aliphatic heterocycles. The van der Waals surface area contributed by atoms with Gasteiger partial charge in [0, 0.05) is 17.5 Å². The third-order valence-electron chi connectivity index (χ3n) is 5.66. The number of carbonyl (C=O) groups excluding carboxylic acids is 2. The van der Waals surface area contributed by atoms with E-state index in [4.69, 9.17) is 9.47 Å². The van der Waals surface area contributed by atoms with Crippen LogP contribution in [0.5, 0.6) is 0 Å². The van der Waals surface area contributed by atoms with Crippen LogP contribution in [0.25, 0.3) is 0 Å². The largest absolute Gasteiger partial charge is 0.480 e. The summed E-state index contributed by atoms with van der Waals surface area (Å²) >= 11 is 0.575. The van der Waals surface area contributed by atoms with Gasteiger partial charge in [-0.3, -0.25) is 14.9 Å². The van der Waals surface area contributed by atoms with Crippen LogP contribution in [0.2, 0.25) is 0 Å². The second-order valence-electron chi connectivity index (χ2n) is 10.9. The van der Waals surface area contributed by atoms with Crippen molar-refractivity contribution >= 4 is 40.8 Å². The van der Waals surface area contributed by atoms with Crippen molar-refractivity contribution in [3.05, 3.63) is 39.4 Å². The zero-order chi connectivity index (χ0) is 28.3. The number of non-ortho nitro benzene ring substituents is 1. The second-order valence-corrected chi connectivity index (χ2v) is 12.2. The number of nitrogens with zero attached hydrogens (tertiary/aromatic N) is 3. The Morgan fingerprint density at radius 2 is 1.65 bits per heavy atom. The molecule has 1 N–H and O–H groups in total. The van der Waals surface area contributed by atoms with Crippen molar-refractivity contribution in [3.63, 3.8) is 0 Å². The minimum absolute atomic E-state index is 0.100. The number of amidine groups is 1. The molecule has 0 spiro atoms. The summed E-state index contributed by atoms with van der Waals surface area (Å²) in [5, 5.41) is 20.9. The molecule has 3 unspecified atom stereocenters. The summed E-state index contributed by atoms with van der Waals surface area (Å²) in [6, 6.07) is 1.17. The number of ether oxygens (including phenoxy) is 2. The fourth-order valence-corrected chi connectivity index (χ4v) is 5.50. The smallest absolute Gasteiger partial charge is 0.426 e. The Balaban J connectivity index is 2.25. The van der Waals surface area contributed by atoms with Gasteiger partial charge in [0.2, 0.25) is 0 Å². The van der Waals surface area contributed by atoms with Gasteiger partial charge in [-0.1, -0.05) is 11.8 Å².